The predicted octanol–water partition coefficient (Wildman–Crippen LogP) is 0.515. The second kappa shape index (κ2) is 8.06. The summed E-state index contributed by atoms with van der Waals surface area (Å²) in [6.07, 6.45) is 0.910. The summed E-state index contributed by atoms with van der Waals surface area (Å²) in [5, 5.41) is 2.67. The van der Waals surface area contributed by atoms with Crippen LogP contribution in [0.3, 0.4) is 0 Å². The van der Waals surface area contributed by atoms with Crippen LogP contribution in [0.2, 0.25) is 0 Å². The molecule has 1 rings (SSSR count). The van der Waals surface area contributed by atoms with Crippen molar-refractivity contribution >= 4 is 33.1 Å². The van der Waals surface area contributed by atoms with E-state index in [1.807, 2.05) is 6.92 Å². The van der Waals surface area contributed by atoms with Gasteiger partial charge in [0.1, 0.15) is 4.99 Å². The molecule has 0 atom stereocenters. The molecule has 116 valence electrons. The highest BCUT2D eigenvalue weighted by Gasteiger charge is 2.19. The Morgan fingerprint density at radius 2 is 1.95 bits per heavy atom. The molecule has 1 aromatic rings. The molecule has 0 radical (unpaired) electrons. The first kappa shape index (κ1) is 17.5. The quantitative estimate of drug-likeness (QED) is 0.604. The Morgan fingerprint density at radius 3 is 2.57 bits per heavy atom. The molecule has 21 heavy (non-hydrogen) atoms. The van der Waals surface area contributed by atoms with Gasteiger partial charge >= 0.3 is 0 Å². The van der Waals surface area contributed by atoms with Gasteiger partial charge in [0.2, 0.25) is 15.9 Å². The predicted molar refractivity (Wildman–Crippen MR) is 85.4 cm³/mol. The van der Waals surface area contributed by atoms with Crippen molar-refractivity contribution in [3.05, 3.63) is 29.8 Å². The van der Waals surface area contributed by atoms with Gasteiger partial charge in [0.25, 0.3) is 0 Å². The second-order valence-electron chi connectivity index (χ2n) is 4.36. The molecule has 8 heteroatoms. The first-order chi connectivity index (χ1) is 9.88. The van der Waals surface area contributed by atoms with Crippen molar-refractivity contribution in [2.45, 2.75) is 24.7 Å². The fourth-order valence-electron chi connectivity index (χ4n) is 1.63. The molecule has 6 nitrogen and oxygen atoms in total. The van der Waals surface area contributed by atoms with Crippen LogP contribution >= 0.6 is 12.2 Å². The molecule has 0 saturated heterocycles. The third-order valence-electron chi connectivity index (χ3n) is 2.66. The Hall–Kier alpha value is -1.51. The van der Waals surface area contributed by atoms with E-state index in [1.165, 1.54) is 6.07 Å². The number of carbonyl (C=O) groups excluding carboxylic acids is 1. The van der Waals surface area contributed by atoms with E-state index in [0.717, 1.165) is 6.42 Å². The monoisotopic (exact) mass is 329 g/mol. The van der Waals surface area contributed by atoms with Crippen molar-refractivity contribution in [3.8, 4) is 0 Å². The van der Waals surface area contributed by atoms with E-state index in [1.54, 1.807) is 18.2 Å². The van der Waals surface area contributed by atoms with Crippen molar-refractivity contribution in [2.24, 2.45) is 5.73 Å². The number of nitrogens with one attached hydrogen (secondary N) is 2. The van der Waals surface area contributed by atoms with Crippen molar-refractivity contribution < 1.29 is 13.2 Å². The van der Waals surface area contributed by atoms with Crippen molar-refractivity contribution in [1.82, 2.24) is 10.0 Å². The van der Waals surface area contributed by atoms with Gasteiger partial charge in [-0.2, -0.15) is 0 Å². The minimum absolute atomic E-state index is 0.0108. The maximum absolute atomic E-state index is 12.2. The summed E-state index contributed by atoms with van der Waals surface area (Å²) in [5.41, 5.74) is 5.81. The van der Waals surface area contributed by atoms with E-state index in [4.69, 9.17) is 18.0 Å². The average molecular weight is 329 g/mol. The summed E-state index contributed by atoms with van der Waals surface area (Å²) >= 11 is 4.84. The molecular formula is C13H19N3O3S2. The number of benzene rings is 1. The van der Waals surface area contributed by atoms with Crippen molar-refractivity contribution in [3.63, 3.8) is 0 Å². The lowest BCUT2D eigenvalue weighted by Crippen LogP contribution is -2.32. The van der Waals surface area contributed by atoms with E-state index < -0.39 is 10.0 Å². The molecule has 0 aromatic heterocycles. The Labute approximate surface area is 130 Å². The van der Waals surface area contributed by atoms with Crippen LogP contribution in [-0.2, 0) is 14.8 Å². The molecule has 0 fully saturated rings. The first-order valence-electron chi connectivity index (χ1n) is 6.53. The highest BCUT2D eigenvalue weighted by Crippen LogP contribution is 2.14. The summed E-state index contributed by atoms with van der Waals surface area (Å²) in [6.45, 7) is 2.54. The number of nitrogens with two attached hydrogens (primary N) is 1. The fourth-order valence-corrected chi connectivity index (χ4v) is 3.13. The third-order valence-corrected chi connectivity index (χ3v) is 4.40. The van der Waals surface area contributed by atoms with Crippen LogP contribution in [0.25, 0.3) is 0 Å². The van der Waals surface area contributed by atoms with Gasteiger partial charge < -0.3 is 11.1 Å². The molecular weight excluding hydrogens is 310 g/mol. The van der Waals surface area contributed by atoms with Gasteiger partial charge in [0.05, 0.1) is 4.90 Å². The molecule has 0 heterocycles. The molecule has 0 unspecified atom stereocenters. The van der Waals surface area contributed by atoms with Crippen LogP contribution in [0, 0.1) is 0 Å². The minimum atomic E-state index is -3.75. The molecule has 0 aliphatic rings. The van der Waals surface area contributed by atoms with Crippen molar-refractivity contribution in [2.75, 3.05) is 13.1 Å². The molecule has 1 aromatic carbocycles. The Morgan fingerprint density at radius 1 is 1.29 bits per heavy atom. The van der Waals surface area contributed by atoms with Crippen LogP contribution in [-0.4, -0.2) is 32.4 Å². The van der Waals surface area contributed by atoms with Gasteiger partial charge in [0, 0.05) is 25.1 Å². The van der Waals surface area contributed by atoms with Crippen molar-refractivity contribution in [1.29, 1.82) is 0 Å². The fraction of sp³-hybridized carbons (Fsp3) is 0.385. The zero-order valence-corrected chi connectivity index (χ0v) is 13.4. The normalized spacial score (nSPS) is 11.1. The molecule has 4 N–H and O–H groups in total. The van der Waals surface area contributed by atoms with Crippen LogP contribution in [0.1, 0.15) is 25.3 Å². The highest BCUT2D eigenvalue weighted by atomic mass is 32.2. The standard InChI is InChI=1S/C13H19N3O3S2/c1-2-8-15-12(17)7-9-16-21(18,19)11-6-4-3-5-10(11)13(14)20/h3-6,16H,2,7-9H2,1H3,(H2,14,20)(H,15,17). The smallest absolute Gasteiger partial charge is 0.241 e. The zero-order valence-electron chi connectivity index (χ0n) is 11.8. The molecule has 0 saturated carbocycles. The summed E-state index contributed by atoms with van der Waals surface area (Å²) in [6, 6.07) is 6.22. The van der Waals surface area contributed by atoms with Gasteiger partial charge in [-0.05, 0) is 12.5 Å². The van der Waals surface area contributed by atoms with Gasteiger partial charge in [-0.25, -0.2) is 13.1 Å². The van der Waals surface area contributed by atoms with E-state index in [9.17, 15) is 13.2 Å². The topological polar surface area (TPSA) is 101 Å². The number of amides is 1. The van der Waals surface area contributed by atoms with E-state index in [0.29, 0.717) is 6.54 Å². The Bertz CT molecular complexity index is 615. The zero-order chi connectivity index (χ0) is 15.9. The van der Waals surface area contributed by atoms with Crippen LogP contribution in [0.4, 0.5) is 0 Å². The highest BCUT2D eigenvalue weighted by molar-refractivity contribution is 7.89. The second-order valence-corrected chi connectivity index (χ2v) is 6.53. The van der Waals surface area contributed by atoms with E-state index in [-0.39, 0.29) is 34.3 Å². The molecule has 0 aliphatic carbocycles. The van der Waals surface area contributed by atoms with E-state index >= 15 is 0 Å². The largest absolute Gasteiger partial charge is 0.389 e. The summed E-state index contributed by atoms with van der Waals surface area (Å²) < 4.78 is 26.8. The SMILES string of the molecule is CCCNC(=O)CCNS(=O)(=O)c1ccccc1C(N)=S. The molecule has 0 bridgehead atoms. The molecule has 1 amide bonds. The molecule has 0 aliphatic heterocycles. The lowest BCUT2D eigenvalue weighted by molar-refractivity contribution is -0.120. The lowest BCUT2D eigenvalue weighted by Gasteiger charge is -2.10. The first-order valence-corrected chi connectivity index (χ1v) is 8.43. The Kier molecular flexibility index (Phi) is 6.73. The number of hydrogen-bond donors (Lipinski definition) is 3. The summed E-state index contributed by atoms with van der Waals surface area (Å²) in [5.74, 6) is -0.192. The van der Waals surface area contributed by atoms with Crippen LogP contribution < -0.4 is 15.8 Å². The van der Waals surface area contributed by atoms with Gasteiger partial charge in [-0.1, -0.05) is 37.3 Å². The van der Waals surface area contributed by atoms with Crippen LogP contribution in [0.5, 0.6) is 0 Å². The van der Waals surface area contributed by atoms with Crippen LogP contribution in [0.15, 0.2) is 29.2 Å². The average Bonchev–Trinajstić information content (AvgIpc) is 2.44. The van der Waals surface area contributed by atoms with Gasteiger partial charge in [-0.3, -0.25) is 4.79 Å². The number of rotatable bonds is 8. The Balaban J connectivity index is 2.71. The third kappa shape index (κ3) is 5.41. The molecule has 0 spiro atoms. The maximum atomic E-state index is 12.2. The maximum Gasteiger partial charge on any atom is 0.241 e. The van der Waals surface area contributed by atoms with E-state index in [2.05, 4.69) is 10.0 Å². The summed E-state index contributed by atoms with van der Waals surface area (Å²) in [4.78, 5) is 11.4. The number of hydrogen-bond acceptors (Lipinski definition) is 4. The summed E-state index contributed by atoms with van der Waals surface area (Å²) in [7, 11) is -3.75. The van der Waals surface area contributed by atoms with Gasteiger partial charge in [-0.15, -0.1) is 0 Å². The minimum Gasteiger partial charge on any atom is -0.389 e. The lowest BCUT2D eigenvalue weighted by atomic mass is 10.2. The number of sulfonamides is 1. The number of carbonyl (C=O) groups is 1. The number of thiocarbonyl (C=S) groups is 1. The van der Waals surface area contributed by atoms with Gasteiger partial charge in [0.15, 0.2) is 0 Å².